The number of nitrogens with two attached hydrogens (primary N) is 1. The molecule has 2 atom stereocenters. The van der Waals surface area contributed by atoms with Crippen molar-refractivity contribution in [1.82, 2.24) is 0 Å². The van der Waals surface area contributed by atoms with E-state index in [2.05, 4.69) is 0 Å². The standard InChI is InChI=1S/C15H29NO2/c1-17-13-7-6-8-14(11-13)18-15(12-16)9-4-2-3-5-10-15/h13-14H,2-12,16H2,1H3. The summed E-state index contributed by atoms with van der Waals surface area (Å²) in [5.41, 5.74) is 6.00. The summed E-state index contributed by atoms with van der Waals surface area (Å²) in [6.45, 7) is 0.682. The van der Waals surface area contributed by atoms with Gasteiger partial charge < -0.3 is 15.2 Å². The first-order chi connectivity index (χ1) is 8.78. The minimum atomic E-state index is -0.0310. The van der Waals surface area contributed by atoms with Crippen LogP contribution in [-0.4, -0.2) is 31.5 Å². The van der Waals surface area contributed by atoms with Crippen LogP contribution in [0.4, 0.5) is 0 Å². The molecule has 106 valence electrons. The first kappa shape index (κ1) is 14.3. The molecule has 2 unspecified atom stereocenters. The molecule has 0 aromatic heterocycles. The van der Waals surface area contributed by atoms with E-state index in [-0.39, 0.29) is 5.60 Å². The highest BCUT2D eigenvalue weighted by atomic mass is 16.5. The molecule has 0 aliphatic heterocycles. The Labute approximate surface area is 111 Å². The van der Waals surface area contributed by atoms with Gasteiger partial charge in [0.15, 0.2) is 0 Å². The van der Waals surface area contributed by atoms with Crippen molar-refractivity contribution >= 4 is 0 Å². The molecule has 0 spiro atoms. The van der Waals surface area contributed by atoms with E-state index in [1.807, 2.05) is 7.11 Å². The Bertz CT molecular complexity index is 237. The average molecular weight is 255 g/mol. The summed E-state index contributed by atoms with van der Waals surface area (Å²) < 4.78 is 12.0. The third-order valence-electron chi connectivity index (χ3n) is 4.71. The van der Waals surface area contributed by atoms with Crippen molar-refractivity contribution in [2.24, 2.45) is 5.73 Å². The highest BCUT2D eigenvalue weighted by Crippen LogP contribution is 2.34. The van der Waals surface area contributed by atoms with Gasteiger partial charge in [0.2, 0.25) is 0 Å². The van der Waals surface area contributed by atoms with Crippen molar-refractivity contribution in [3.8, 4) is 0 Å². The van der Waals surface area contributed by atoms with Gasteiger partial charge in [-0.3, -0.25) is 0 Å². The highest BCUT2D eigenvalue weighted by molar-refractivity contribution is 4.87. The summed E-state index contributed by atoms with van der Waals surface area (Å²) in [6.07, 6.45) is 12.9. The molecule has 2 saturated carbocycles. The van der Waals surface area contributed by atoms with Crippen molar-refractivity contribution < 1.29 is 9.47 Å². The molecule has 0 aromatic rings. The van der Waals surface area contributed by atoms with Gasteiger partial charge in [0.1, 0.15) is 0 Å². The molecule has 0 saturated heterocycles. The fraction of sp³-hybridized carbons (Fsp3) is 1.00. The zero-order valence-corrected chi connectivity index (χ0v) is 11.8. The van der Waals surface area contributed by atoms with Gasteiger partial charge in [0.05, 0.1) is 17.8 Å². The minimum Gasteiger partial charge on any atom is -0.381 e. The molecule has 0 bridgehead atoms. The van der Waals surface area contributed by atoms with Crippen molar-refractivity contribution in [3.05, 3.63) is 0 Å². The molecule has 18 heavy (non-hydrogen) atoms. The van der Waals surface area contributed by atoms with Gasteiger partial charge >= 0.3 is 0 Å². The summed E-state index contributed by atoms with van der Waals surface area (Å²) in [7, 11) is 1.82. The summed E-state index contributed by atoms with van der Waals surface area (Å²) in [5.74, 6) is 0. The molecule has 2 fully saturated rings. The molecule has 0 amide bonds. The highest BCUT2D eigenvalue weighted by Gasteiger charge is 2.35. The van der Waals surface area contributed by atoms with E-state index in [1.54, 1.807) is 0 Å². The Balaban J connectivity index is 1.91. The van der Waals surface area contributed by atoms with Gasteiger partial charge in [0, 0.05) is 13.7 Å². The van der Waals surface area contributed by atoms with Crippen LogP contribution in [0.3, 0.4) is 0 Å². The van der Waals surface area contributed by atoms with Crippen molar-refractivity contribution in [2.75, 3.05) is 13.7 Å². The SMILES string of the molecule is COC1CCCC(OC2(CN)CCCCCC2)C1. The number of rotatable bonds is 4. The van der Waals surface area contributed by atoms with E-state index in [9.17, 15) is 0 Å². The Morgan fingerprint density at radius 1 is 1.00 bits per heavy atom. The normalized spacial score (nSPS) is 33.0. The summed E-state index contributed by atoms with van der Waals surface area (Å²) >= 11 is 0. The molecule has 3 heteroatoms. The largest absolute Gasteiger partial charge is 0.381 e. The van der Waals surface area contributed by atoms with Crippen LogP contribution in [0.5, 0.6) is 0 Å². The molecule has 0 radical (unpaired) electrons. The third kappa shape index (κ3) is 3.69. The Morgan fingerprint density at radius 2 is 1.67 bits per heavy atom. The van der Waals surface area contributed by atoms with Crippen LogP contribution in [0, 0.1) is 0 Å². The number of ether oxygens (including phenoxy) is 2. The first-order valence-corrected chi connectivity index (χ1v) is 7.69. The van der Waals surface area contributed by atoms with E-state index in [0.717, 1.165) is 19.3 Å². The average Bonchev–Trinajstić information content (AvgIpc) is 2.65. The lowest BCUT2D eigenvalue weighted by Gasteiger charge is -2.38. The monoisotopic (exact) mass is 255 g/mol. The van der Waals surface area contributed by atoms with Crippen LogP contribution in [0.2, 0.25) is 0 Å². The molecule has 2 aliphatic rings. The zero-order chi connectivity index (χ0) is 12.8. The number of hydrogen-bond donors (Lipinski definition) is 1. The lowest BCUT2D eigenvalue weighted by Crippen LogP contribution is -2.45. The van der Waals surface area contributed by atoms with E-state index in [0.29, 0.717) is 18.8 Å². The fourth-order valence-electron chi connectivity index (χ4n) is 3.52. The minimum absolute atomic E-state index is 0.0310. The van der Waals surface area contributed by atoms with Crippen molar-refractivity contribution in [3.63, 3.8) is 0 Å². The van der Waals surface area contributed by atoms with Gasteiger partial charge in [-0.25, -0.2) is 0 Å². The second-order valence-electron chi connectivity index (χ2n) is 6.07. The topological polar surface area (TPSA) is 44.5 Å². The van der Waals surface area contributed by atoms with Gasteiger partial charge in [-0.15, -0.1) is 0 Å². The zero-order valence-electron chi connectivity index (χ0n) is 11.8. The fourth-order valence-corrected chi connectivity index (χ4v) is 3.52. The molecule has 0 heterocycles. The van der Waals surface area contributed by atoms with E-state index in [4.69, 9.17) is 15.2 Å². The predicted octanol–water partition coefficient (Wildman–Crippen LogP) is 3.01. The lowest BCUT2D eigenvalue weighted by molar-refractivity contribution is -0.125. The Hall–Kier alpha value is -0.120. The molecule has 2 aliphatic carbocycles. The molecule has 2 N–H and O–H groups in total. The maximum atomic E-state index is 6.48. The van der Waals surface area contributed by atoms with Crippen molar-refractivity contribution in [2.45, 2.75) is 82.0 Å². The molecular weight excluding hydrogens is 226 g/mol. The van der Waals surface area contributed by atoms with E-state index >= 15 is 0 Å². The molecular formula is C15H29NO2. The van der Waals surface area contributed by atoms with Gasteiger partial charge in [-0.05, 0) is 38.5 Å². The second kappa shape index (κ2) is 6.88. The Kier molecular flexibility index (Phi) is 5.46. The number of methoxy groups -OCH3 is 1. The number of hydrogen-bond acceptors (Lipinski definition) is 3. The van der Waals surface area contributed by atoms with E-state index in [1.165, 1.54) is 44.9 Å². The molecule has 3 nitrogen and oxygen atoms in total. The quantitative estimate of drug-likeness (QED) is 0.785. The van der Waals surface area contributed by atoms with Crippen LogP contribution in [0.1, 0.15) is 64.2 Å². The molecule has 0 aromatic carbocycles. The summed E-state index contributed by atoms with van der Waals surface area (Å²) in [6, 6.07) is 0. The van der Waals surface area contributed by atoms with Crippen LogP contribution in [0.15, 0.2) is 0 Å². The maximum Gasteiger partial charge on any atom is 0.0807 e. The second-order valence-corrected chi connectivity index (χ2v) is 6.07. The lowest BCUT2D eigenvalue weighted by atomic mass is 9.90. The van der Waals surface area contributed by atoms with Crippen LogP contribution in [0.25, 0.3) is 0 Å². The summed E-state index contributed by atoms with van der Waals surface area (Å²) in [4.78, 5) is 0. The van der Waals surface area contributed by atoms with Crippen LogP contribution in [-0.2, 0) is 9.47 Å². The maximum absolute atomic E-state index is 6.48. The Morgan fingerprint density at radius 3 is 2.28 bits per heavy atom. The van der Waals surface area contributed by atoms with Crippen LogP contribution < -0.4 is 5.73 Å². The first-order valence-electron chi connectivity index (χ1n) is 7.69. The van der Waals surface area contributed by atoms with Gasteiger partial charge in [0.25, 0.3) is 0 Å². The third-order valence-corrected chi connectivity index (χ3v) is 4.71. The molecule has 2 rings (SSSR count). The van der Waals surface area contributed by atoms with Crippen molar-refractivity contribution in [1.29, 1.82) is 0 Å². The van der Waals surface area contributed by atoms with E-state index < -0.39 is 0 Å². The van der Waals surface area contributed by atoms with Gasteiger partial charge in [-0.2, -0.15) is 0 Å². The van der Waals surface area contributed by atoms with Gasteiger partial charge in [-0.1, -0.05) is 25.7 Å². The van der Waals surface area contributed by atoms with Crippen LogP contribution >= 0.6 is 0 Å². The summed E-state index contributed by atoms with van der Waals surface area (Å²) in [5, 5.41) is 0. The smallest absolute Gasteiger partial charge is 0.0807 e. The predicted molar refractivity (Wildman–Crippen MR) is 73.6 cm³/mol.